The van der Waals surface area contributed by atoms with E-state index in [1.165, 1.54) is 0 Å². The van der Waals surface area contributed by atoms with E-state index in [-0.39, 0.29) is 5.91 Å². The Bertz CT molecular complexity index is 887. The molecule has 0 heterocycles. The SMILES string of the molecule is CC(OC(=O)C(c1ccccc1)c1ccccc1)C(=O)N(C)Cc1ccccc1. The van der Waals surface area contributed by atoms with Crippen LogP contribution in [0.4, 0.5) is 0 Å². The molecule has 0 spiro atoms. The van der Waals surface area contributed by atoms with Gasteiger partial charge in [0.2, 0.25) is 0 Å². The lowest BCUT2D eigenvalue weighted by molar-refractivity contribution is -0.159. The smallest absolute Gasteiger partial charge is 0.318 e. The Morgan fingerprint density at radius 1 is 0.793 bits per heavy atom. The maximum absolute atomic E-state index is 13.0. The normalized spacial score (nSPS) is 11.7. The van der Waals surface area contributed by atoms with Crippen molar-refractivity contribution in [2.45, 2.75) is 25.5 Å². The molecule has 4 heteroatoms. The van der Waals surface area contributed by atoms with Crippen LogP contribution < -0.4 is 0 Å². The molecule has 0 saturated heterocycles. The molecular formula is C25H25NO3. The average Bonchev–Trinajstić information content (AvgIpc) is 2.75. The largest absolute Gasteiger partial charge is 0.452 e. The number of amides is 1. The maximum Gasteiger partial charge on any atom is 0.318 e. The second-order valence-electron chi connectivity index (χ2n) is 7.01. The third-order valence-electron chi connectivity index (χ3n) is 4.78. The third-order valence-corrected chi connectivity index (χ3v) is 4.78. The summed E-state index contributed by atoms with van der Waals surface area (Å²) in [4.78, 5) is 27.4. The topological polar surface area (TPSA) is 46.6 Å². The van der Waals surface area contributed by atoms with E-state index in [0.717, 1.165) is 16.7 Å². The molecule has 0 aliphatic rings. The molecule has 0 N–H and O–H groups in total. The van der Waals surface area contributed by atoms with Crippen molar-refractivity contribution in [3.8, 4) is 0 Å². The van der Waals surface area contributed by atoms with E-state index in [2.05, 4.69) is 0 Å². The first-order valence-corrected chi connectivity index (χ1v) is 9.65. The zero-order valence-electron chi connectivity index (χ0n) is 16.7. The summed E-state index contributed by atoms with van der Waals surface area (Å²) in [7, 11) is 1.71. The number of ether oxygens (including phenoxy) is 1. The molecule has 148 valence electrons. The standard InChI is InChI=1S/C25H25NO3/c1-19(24(27)26(2)18-20-12-6-3-7-13-20)29-25(28)23(21-14-8-4-9-15-21)22-16-10-5-11-17-22/h3-17,19,23H,18H2,1-2H3. The summed E-state index contributed by atoms with van der Waals surface area (Å²) in [5, 5.41) is 0. The summed E-state index contributed by atoms with van der Waals surface area (Å²) < 4.78 is 5.61. The summed E-state index contributed by atoms with van der Waals surface area (Å²) in [5.74, 6) is -1.24. The number of hydrogen-bond donors (Lipinski definition) is 0. The quantitative estimate of drug-likeness (QED) is 0.564. The van der Waals surface area contributed by atoms with Crippen LogP contribution in [0.5, 0.6) is 0 Å². The van der Waals surface area contributed by atoms with E-state index in [1.807, 2.05) is 91.0 Å². The Kier molecular flexibility index (Phi) is 6.80. The van der Waals surface area contributed by atoms with Gasteiger partial charge in [-0.3, -0.25) is 9.59 Å². The molecule has 1 amide bonds. The zero-order chi connectivity index (χ0) is 20.6. The summed E-state index contributed by atoms with van der Waals surface area (Å²) in [5.41, 5.74) is 2.69. The van der Waals surface area contributed by atoms with Gasteiger partial charge in [0.15, 0.2) is 6.10 Å². The van der Waals surface area contributed by atoms with Crippen LogP contribution in [0, 0.1) is 0 Å². The number of likely N-dealkylation sites (N-methyl/N-ethyl adjacent to an activating group) is 1. The van der Waals surface area contributed by atoms with E-state index in [1.54, 1.807) is 18.9 Å². The lowest BCUT2D eigenvalue weighted by Crippen LogP contribution is -2.38. The van der Waals surface area contributed by atoms with Crippen LogP contribution >= 0.6 is 0 Å². The Morgan fingerprint density at radius 2 is 1.24 bits per heavy atom. The minimum absolute atomic E-state index is 0.234. The van der Waals surface area contributed by atoms with Crippen molar-refractivity contribution in [1.29, 1.82) is 0 Å². The fourth-order valence-corrected chi connectivity index (χ4v) is 3.29. The number of carbonyl (C=O) groups excluding carboxylic acids is 2. The van der Waals surface area contributed by atoms with Crippen LogP contribution in [0.1, 0.15) is 29.5 Å². The second kappa shape index (κ2) is 9.69. The molecule has 29 heavy (non-hydrogen) atoms. The molecule has 0 radical (unpaired) electrons. The van der Waals surface area contributed by atoms with Crippen LogP contribution in [0.2, 0.25) is 0 Å². The molecule has 0 saturated carbocycles. The minimum Gasteiger partial charge on any atom is -0.452 e. The van der Waals surface area contributed by atoms with Crippen molar-refractivity contribution in [2.24, 2.45) is 0 Å². The maximum atomic E-state index is 13.0. The molecule has 4 nitrogen and oxygen atoms in total. The molecule has 0 fully saturated rings. The van der Waals surface area contributed by atoms with Crippen molar-refractivity contribution in [3.05, 3.63) is 108 Å². The fourth-order valence-electron chi connectivity index (χ4n) is 3.29. The first-order chi connectivity index (χ1) is 14.1. The Balaban J connectivity index is 1.72. The van der Waals surface area contributed by atoms with Gasteiger partial charge in [0.05, 0.1) is 0 Å². The van der Waals surface area contributed by atoms with Crippen molar-refractivity contribution in [3.63, 3.8) is 0 Å². The van der Waals surface area contributed by atoms with Gasteiger partial charge >= 0.3 is 5.97 Å². The molecule has 3 aromatic carbocycles. The third kappa shape index (κ3) is 5.32. The lowest BCUT2D eigenvalue weighted by Gasteiger charge is -2.24. The van der Waals surface area contributed by atoms with Crippen molar-refractivity contribution in [1.82, 2.24) is 4.90 Å². The van der Waals surface area contributed by atoms with Crippen molar-refractivity contribution >= 4 is 11.9 Å². The Labute approximate surface area is 171 Å². The van der Waals surface area contributed by atoms with E-state index in [9.17, 15) is 9.59 Å². The van der Waals surface area contributed by atoms with Gasteiger partial charge in [-0.15, -0.1) is 0 Å². The molecule has 1 atom stereocenters. The first-order valence-electron chi connectivity index (χ1n) is 9.65. The van der Waals surface area contributed by atoms with E-state index in [4.69, 9.17) is 4.74 Å². The number of hydrogen-bond acceptors (Lipinski definition) is 3. The van der Waals surface area contributed by atoms with E-state index < -0.39 is 18.0 Å². The molecule has 0 aliphatic heterocycles. The van der Waals surface area contributed by atoms with Crippen LogP contribution in [-0.4, -0.2) is 29.9 Å². The van der Waals surface area contributed by atoms with Crippen molar-refractivity contribution < 1.29 is 14.3 Å². The van der Waals surface area contributed by atoms with E-state index in [0.29, 0.717) is 6.54 Å². The minimum atomic E-state index is -0.869. The number of rotatable bonds is 7. The molecular weight excluding hydrogens is 362 g/mol. The number of carbonyl (C=O) groups is 2. The zero-order valence-corrected chi connectivity index (χ0v) is 16.7. The first kappa shape index (κ1) is 20.3. The molecule has 0 aromatic heterocycles. The van der Waals surface area contributed by atoms with Gasteiger partial charge in [-0.1, -0.05) is 91.0 Å². The lowest BCUT2D eigenvalue weighted by atomic mass is 9.91. The second-order valence-corrected chi connectivity index (χ2v) is 7.01. The highest BCUT2D eigenvalue weighted by molar-refractivity contribution is 5.87. The summed E-state index contributed by atoms with van der Waals surface area (Å²) >= 11 is 0. The van der Waals surface area contributed by atoms with Crippen LogP contribution in [0.25, 0.3) is 0 Å². The highest BCUT2D eigenvalue weighted by Crippen LogP contribution is 2.26. The Hall–Kier alpha value is -3.40. The average molecular weight is 387 g/mol. The molecule has 3 aromatic rings. The van der Waals surface area contributed by atoms with Crippen LogP contribution in [0.3, 0.4) is 0 Å². The predicted molar refractivity (Wildman–Crippen MR) is 113 cm³/mol. The van der Waals surface area contributed by atoms with Gasteiger partial charge in [0, 0.05) is 13.6 Å². The highest BCUT2D eigenvalue weighted by atomic mass is 16.5. The summed E-state index contributed by atoms with van der Waals surface area (Å²) in [6.07, 6.45) is -0.869. The highest BCUT2D eigenvalue weighted by Gasteiger charge is 2.29. The molecule has 1 unspecified atom stereocenters. The number of esters is 1. The fraction of sp³-hybridized carbons (Fsp3) is 0.200. The van der Waals surface area contributed by atoms with Gasteiger partial charge < -0.3 is 9.64 Å². The number of benzene rings is 3. The summed E-state index contributed by atoms with van der Waals surface area (Å²) in [6, 6.07) is 28.7. The summed E-state index contributed by atoms with van der Waals surface area (Å²) in [6.45, 7) is 2.08. The van der Waals surface area contributed by atoms with Crippen LogP contribution in [0.15, 0.2) is 91.0 Å². The van der Waals surface area contributed by atoms with Crippen LogP contribution in [-0.2, 0) is 20.9 Å². The van der Waals surface area contributed by atoms with Gasteiger partial charge in [-0.05, 0) is 23.6 Å². The monoisotopic (exact) mass is 387 g/mol. The van der Waals surface area contributed by atoms with Gasteiger partial charge in [-0.25, -0.2) is 0 Å². The predicted octanol–water partition coefficient (Wildman–Crippen LogP) is 4.41. The molecule has 0 bridgehead atoms. The molecule has 0 aliphatic carbocycles. The van der Waals surface area contributed by atoms with E-state index >= 15 is 0 Å². The van der Waals surface area contributed by atoms with Gasteiger partial charge in [0.1, 0.15) is 5.92 Å². The van der Waals surface area contributed by atoms with Crippen molar-refractivity contribution in [2.75, 3.05) is 7.05 Å². The number of nitrogens with zero attached hydrogens (tertiary/aromatic N) is 1. The molecule has 3 rings (SSSR count). The Morgan fingerprint density at radius 3 is 1.72 bits per heavy atom. The van der Waals surface area contributed by atoms with Gasteiger partial charge in [0.25, 0.3) is 5.91 Å². The van der Waals surface area contributed by atoms with Gasteiger partial charge in [-0.2, -0.15) is 0 Å².